The number of thioether (sulfide) groups is 1. The molecule has 0 spiro atoms. The van der Waals surface area contributed by atoms with Gasteiger partial charge in [0.1, 0.15) is 0 Å². The first kappa shape index (κ1) is 14.3. The topological polar surface area (TPSA) is 55.2 Å². The molecule has 1 N–H and O–H groups in total. The van der Waals surface area contributed by atoms with E-state index in [1.165, 1.54) is 12.1 Å². The van der Waals surface area contributed by atoms with Crippen LogP contribution in [0.1, 0.15) is 13.8 Å². The zero-order valence-corrected chi connectivity index (χ0v) is 12.4. The molecule has 0 heterocycles. The molecule has 0 aromatic heterocycles. The average Bonchev–Trinajstić information content (AvgIpc) is 2.27. The van der Waals surface area contributed by atoms with Crippen LogP contribution in [0.15, 0.2) is 22.7 Å². The van der Waals surface area contributed by atoms with E-state index < -0.39 is 4.92 Å². The second kappa shape index (κ2) is 5.73. The summed E-state index contributed by atoms with van der Waals surface area (Å²) < 4.78 is 0.838. The number of hydrogen-bond donors (Lipinski definition) is 1. The summed E-state index contributed by atoms with van der Waals surface area (Å²) >= 11 is 5.11. The van der Waals surface area contributed by atoms with E-state index >= 15 is 0 Å². The normalized spacial score (nSPS) is 11.3. The number of non-ortho nitro benzene ring substituents is 1. The predicted octanol–water partition coefficient (Wildman–Crippen LogP) is 3.91. The molecule has 0 saturated heterocycles. The van der Waals surface area contributed by atoms with Gasteiger partial charge in [0.05, 0.1) is 4.92 Å². The highest BCUT2D eigenvalue weighted by Gasteiger charge is 2.16. The number of rotatable bonds is 5. The Kier molecular flexibility index (Phi) is 4.82. The molecule has 1 aromatic carbocycles. The van der Waals surface area contributed by atoms with Crippen molar-refractivity contribution in [2.24, 2.45) is 0 Å². The van der Waals surface area contributed by atoms with Crippen LogP contribution < -0.4 is 5.32 Å². The lowest BCUT2D eigenvalue weighted by Gasteiger charge is -2.23. The molecule has 0 unspecified atom stereocenters. The largest absolute Gasteiger partial charge is 0.383 e. The smallest absolute Gasteiger partial charge is 0.270 e. The van der Waals surface area contributed by atoms with Gasteiger partial charge in [-0.3, -0.25) is 10.1 Å². The molecule has 0 atom stereocenters. The highest BCUT2D eigenvalue weighted by Crippen LogP contribution is 2.29. The molecule has 0 aliphatic heterocycles. The third kappa shape index (κ3) is 4.20. The van der Waals surface area contributed by atoms with Crippen LogP contribution in [0.2, 0.25) is 0 Å². The Bertz CT molecular complexity index is 424. The van der Waals surface area contributed by atoms with Crippen LogP contribution in [0.3, 0.4) is 0 Å². The van der Waals surface area contributed by atoms with Gasteiger partial charge in [0.15, 0.2) is 0 Å². The van der Waals surface area contributed by atoms with E-state index in [1.807, 2.05) is 0 Å². The van der Waals surface area contributed by atoms with Crippen molar-refractivity contribution in [3.05, 3.63) is 32.8 Å². The SMILES string of the molecule is CSC(C)(C)CNc1ccc([N+](=O)[O-])cc1Br. The summed E-state index contributed by atoms with van der Waals surface area (Å²) in [6.07, 6.45) is 2.06. The number of hydrogen-bond acceptors (Lipinski definition) is 4. The van der Waals surface area contributed by atoms with Crippen molar-refractivity contribution in [2.75, 3.05) is 18.1 Å². The van der Waals surface area contributed by atoms with E-state index in [2.05, 4.69) is 41.3 Å². The van der Waals surface area contributed by atoms with Crippen LogP contribution in [0, 0.1) is 10.1 Å². The van der Waals surface area contributed by atoms with Crippen molar-refractivity contribution in [1.29, 1.82) is 0 Å². The van der Waals surface area contributed by atoms with Gasteiger partial charge in [-0.05, 0) is 42.1 Å². The number of nitrogens with one attached hydrogen (secondary N) is 1. The van der Waals surface area contributed by atoms with Crippen LogP contribution in [0.25, 0.3) is 0 Å². The fourth-order valence-corrected chi connectivity index (χ4v) is 1.86. The Labute approximate surface area is 113 Å². The van der Waals surface area contributed by atoms with E-state index in [4.69, 9.17) is 0 Å². The molecule has 0 fully saturated rings. The van der Waals surface area contributed by atoms with Crippen LogP contribution >= 0.6 is 27.7 Å². The predicted molar refractivity (Wildman–Crippen MR) is 76.9 cm³/mol. The monoisotopic (exact) mass is 318 g/mol. The van der Waals surface area contributed by atoms with Gasteiger partial charge in [-0.1, -0.05) is 0 Å². The lowest BCUT2D eigenvalue weighted by molar-refractivity contribution is -0.384. The second-order valence-corrected chi connectivity index (χ2v) is 6.61. The Morgan fingerprint density at radius 2 is 2.18 bits per heavy atom. The van der Waals surface area contributed by atoms with Gasteiger partial charge < -0.3 is 5.32 Å². The fourth-order valence-electron chi connectivity index (χ4n) is 1.14. The molecule has 0 amide bonds. The molecule has 1 aromatic rings. The maximum absolute atomic E-state index is 10.6. The maximum atomic E-state index is 10.6. The molecule has 17 heavy (non-hydrogen) atoms. The minimum atomic E-state index is -0.402. The van der Waals surface area contributed by atoms with E-state index in [1.54, 1.807) is 17.8 Å². The first-order valence-electron chi connectivity index (χ1n) is 5.09. The molecule has 94 valence electrons. The molecule has 6 heteroatoms. The highest BCUT2D eigenvalue weighted by molar-refractivity contribution is 9.10. The quantitative estimate of drug-likeness (QED) is 0.660. The standard InChI is InChI=1S/C11H15BrN2O2S/c1-11(2,17-3)7-13-10-5-4-8(14(15)16)6-9(10)12/h4-6,13H,7H2,1-3H3. The second-order valence-electron chi connectivity index (χ2n) is 4.24. The Morgan fingerprint density at radius 3 is 2.65 bits per heavy atom. The molecule has 0 radical (unpaired) electrons. The first-order valence-corrected chi connectivity index (χ1v) is 7.10. The minimum Gasteiger partial charge on any atom is -0.383 e. The highest BCUT2D eigenvalue weighted by atomic mass is 79.9. The van der Waals surface area contributed by atoms with Crippen molar-refractivity contribution in [1.82, 2.24) is 0 Å². The lowest BCUT2D eigenvalue weighted by Crippen LogP contribution is -2.25. The van der Waals surface area contributed by atoms with Gasteiger partial charge in [0.25, 0.3) is 5.69 Å². The van der Waals surface area contributed by atoms with Gasteiger partial charge in [-0.25, -0.2) is 0 Å². The molecule has 0 aliphatic carbocycles. The molecular weight excluding hydrogens is 304 g/mol. The van der Waals surface area contributed by atoms with Crippen molar-refractivity contribution in [3.8, 4) is 0 Å². The van der Waals surface area contributed by atoms with Gasteiger partial charge in [-0.15, -0.1) is 0 Å². The van der Waals surface area contributed by atoms with Crippen molar-refractivity contribution < 1.29 is 4.92 Å². The van der Waals surface area contributed by atoms with Crippen molar-refractivity contribution in [2.45, 2.75) is 18.6 Å². The Hall–Kier alpha value is -0.750. The number of anilines is 1. The average molecular weight is 319 g/mol. The fraction of sp³-hybridized carbons (Fsp3) is 0.455. The van der Waals surface area contributed by atoms with Gasteiger partial charge in [-0.2, -0.15) is 11.8 Å². The number of benzene rings is 1. The summed E-state index contributed by atoms with van der Waals surface area (Å²) in [5.41, 5.74) is 0.962. The molecule has 0 bridgehead atoms. The minimum absolute atomic E-state index is 0.0894. The molecule has 0 saturated carbocycles. The van der Waals surface area contributed by atoms with Gasteiger partial charge in [0.2, 0.25) is 0 Å². The van der Waals surface area contributed by atoms with E-state index in [9.17, 15) is 10.1 Å². The number of nitro groups is 1. The zero-order chi connectivity index (χ0) is 13.1. The summed E-state index contributed by atoms with van der Waals surface area (Å²) in [6.45, 7) is 5.08. The Balaban J connectivity index is 2.77. The van der Waals surface area contributed by atoms with Crippen LogP contribution in [-0.2, 0) is 0 Å². The summed E-state index contributed by atoms with van der Waals surface area (Å²) in [7, 11) is 0. The van der Waals surface area contributed by atoms with Gasteiger partial charge in [0, 0.05) is 33.6 Å². The maximum Gasteiger partial charge on any atom is 0.270 e. The van der Waals surface area contributed by atoms with Crippen LogP contribution in [0.4, 0.5) is 11.4 Å². The third-order valence-corrected chi connectivity index (χ3v) is 4.33. The summed E-state index contributed by atoms with van der Waals surface area (Å²) in [5.74, 6) is 0. The van der Waals surface area contributed by atoms with E-state index in [-0.39, 0.29) is 10.4 Å². The summed E-state index contributed by atoms with van der Waals surface area (Å²) in [6, 6.07) is 4.73. The molecule has 0 aliphatic rings. The van der Waals surface area contributed by atoms with Gasteiger partial charge >= 0.3 is 0 Å². The number of nitrogens with zero attached hydrogens (tertiary/aromatic N) is 1. The first-order chi connectivity index (χ1) is 7.85. The zero-order valence-electron chi connectivity index (χ0n) is 9.99. The van der Waals surface area contributed by atoms with Crippen LogP contribution in [-0.4, -0.2) is 22.5 Å². The summed E-state index contributed by atoms with van der Waals surface area (Å²) in [5, 5.41) is 13.9. The van der Waals surface area contributed by atoms with E-state index in [0.29, 0.717) is 4.47 Å². The summed E-state index contributed by atoms with van der Waals surface area (Å²) in [4.78, 5) is 10.2. The number of nitro benzene ring substituents is 1. The molecule has 4 nitrogen and oxygen atoms in total. The molecule has 1 rings (SSSR count). The number of halogens is 1. The van der Waals surface area contributed by atoms with Crippen molar-refractivity contribution >= 4 is 39.1 Å². The lowest BCUT2D eigenvalue weighted by atomic mass is 10.2. The van der Waals surface area contributed by atoms with Crippen LogP contribution in [0.5, 0.6) is 0 Å². The van der Waals surface area contributed by atoms with Crippen molar-refractivity contribution in [3.63, 3.8) is 0 Å². The molecular formula is C11H15BrN2O2S. The Morgan fingerprint density at radius 1 is 1.53 bits per heavy atom. The third-order valence-electron chi connectivity index (χ3n) is 2.42. The van der Waals surface area contributed by atoms with E-state index in [0.717, 1.165) is 12.2 Å².